The Morgan fingerprint density at radius 3 is 1.95 bits per heavy atom. The van der Waals surface area contributed by atoms with E-state index in [9.17, 15) is 0 Å². The van der Waals surface area contributed by atoms with Crippen LogP contribution in [0.2, 0.25) is 0 Å². The first-order chi connectivity index (χ1) is 37.3. The fourth-order valence-electron chi connectivity index (χ4n) is 12.5. The highest BCUT2D eigenvalue weighted by Crippen LogP contribution is 2.37. The number of hydrogen-bond donors (Lipinski definition) is 6. The van der Waals surface area contributed by atoms with Crippen molar-refractivity contribution < 1.29 is 0 Å². The number of H-pyrrole nitrogens is 6. The average Bonchev–Trinajstić information content (AvgIpc) is 4.22. The fourth-order valence-corrected chi connectivity index (χ4v) is 12.5. The Morgan fingerprint density at radius 1 is 0.526 bits per heavy atom. The molecule has 15 rings (SSSR count). The van der Waals surface area contributed by atoms with Gasteiger partial charge in [-0.2, -0.15) is 0 Å². The lowest BCUT2D eigenvalue weighted by Gasteiger charge is -2.26. The number of aromatic nitrogens is 12. The number of nitrogens with one attached hydrogen (secondary N) is 6. The molecule has 11 heterocycles. The maximum atomic E-state index is 5.18. The predicted molar refractivity (Wildman–Crippen MR) is 302 cm³/mol. The van der Waals surface area contributed by atoms with E-state index in [1.54, 1.807) is 0 Å². The van der Waals surface area contributed by atoms with E-state index >= 15 is 0 Å². The molecule has 15 heteroatoms. The van der Waals surface area contributed by atoms with Crippen LogP contribution >= 0.6 is 0 Å². The summed E-state index contributed by atoms with van der Waals surface area (Å²) in [6, 6.07) is 32.1. The quantitative estimate of drug-likeness (QED) is 0.0578. The van der Waals surface area contributed by atoms with E-state index in [-0.39, 0.29) is 0 Å². The number of likely N-dealkylation sites (tertiary alicyclic amines) is 1. The molecule has 9 aromatic heterocycles. The molecule has 1 aliphatic carbocycles. The SMILES string of the molecule is Cc1nc2nc(Cc3nc4ncc(Cc5nc6nccc(-c7cc8cc(CN9CC9)ccc8[nH]7)c6[nH]5)c(-c5cc6ccc(CN(C)C7CCCC7)cc6[nH]5)c4[nH]3)cc(-c3cc4cc(CN5CCCCC5)ccc4[nH]3)c2[nH]1. The minimum absolute atomic E-state index is 0.455. The molecule has 15 nitrogen and oxygen atoms in total. The lowest BCUT2D eigenvalue weighted by molar-refractivity contribution is 0.221. The molecule has 3 fully saturated rings. The van der Waals surface area contributed by atoms with E-state index in [1.165, 1.54) is 98.6 Å². The molecular weight excluding hydrogens is 943 g/mol. The van der Waals surface area contributed by atoms with E-state index in [0.29, 0.717) is 35.8 Å². The number of fused-ring (bicyclic) bond motifs is 6. The molecule has 2 aliphatic heterocycles. The number of rotatable bonds is 14. The van der Waals surface area contributed by atoms with Crippen LogP contribution in [0.5, 0.6) is 0 Å². The molecule has 0 amide bonds. The van der Waals surface area contributed by atoms with Crippen LogP contribution in [0.15, 0.2) is 97.3 Å². The Morgan fingerprint density at radius 2 is 1.18 bits per heavy atom. The summed E-state index contributed by atoms with van der Waals surface area (Å²) in [4.78, 5) is 59.9. The number of nitrogens with zero attached hydrogens (tertiary/aromatic N) is 9. The largest absolute Gasteiger partial charge is 0.354 e. The molecule has 12 aromatic rings. The first-order valence-corrected chi connectivity index (χ1v) is 27.4. The van der Waals surface area contributed by atoms with Crippen molar-refractivity contribution >= 4 is 66.2 Å². The summed E-state index contributed by atoms with van der Waals surface area (Å²) in [5.74, 6) is 2.39. The maximum absolute atomic E-state index is 5.18. The zero-order chi connectivity index (χ0) is 50.4. The molecule has 0 unspecified atom stereocenters. The number of aryl methyl sites for hydroxylation is 1. The third-order valence-corrected chi connectivity index (χ3v) is 16.5. The molecule has 1 saturated carbocycles. The van der Waals surface area contributed by atoms with Gasteiger partial charge in [-0.3, -0.25) is 14.7 Å². The Hall–Kier alpha value is -7.98. The van der Waals surface area contributed by atoms with Crippen LogP contribution in [-0.4, -0.2) is 114 Å². The number of piperidine rings is 1. The Balaban J connectivity index is 0.788. The van der Waals surface area contributed by atoms with Crippen molar-refractivity contribution in [1.29, 1.82) is 0 Å². The lowest BCUT2D eigenvalue weighted by Crippen LogP contribution is -2.28. The molecule has 3 aliphatic rings. The molecule has 76 heavy (non-hydrogen) atoms. The van der Waals surface area contributed by atoms with Crippen molar-refractivity contribution in [3.63, 3.8) is 0 Å². The van der Waals surface area contributed by atoms with Gasteiger partial charge in [0.2, 0.25) is 0 Å². The topological polar surface area (TPSA) is 182 Å². The van der Waals surface area contributed by atoms with Crippen molar-refractivity contribution in [2.24, 2.45) is 0 Å². The van der Waals surface area contributed by atoms with Gasteiger partial charge in [0.1, 0.15) is 17.5 Å². The Labute approximate surface area is 439 Å². The smallest absolute Gasteiger partial charge is 0.178 e. The van der Waals surface area contributed by atoms with Crippen LogP contribution in [0.3, 0.4) is 0 Å². The fraction of sp³-hybridized carbons (Fsp3) is 0.311. The van der Waals surface area contributed by atoms with Gasteiger partial charge in [-0.25, -0.2) is 29.9 Å². The second-order valence-electron chi connectivity index (χ2n) is 22.1. The van der Waals surface area contributed by atoms with Crippen LogP contribution in [0.4, 0.5) is 0 Å². The second kappa shape index (κ2) is 18.4. The van der Waals surface area contributed by atoms with Gasteiger partial charge < -0.3 is 29.9 Å². The van der Waals surface area contributed by atoms with Crippen molar-refractivity contribution in [2.45, 2.75) is 90.4 Å². The standard InChI is InChI=1S/C61H61N15/c1-35-64-57-46(51-27-41-22-36(11-15-48(41)68-51)33-75-18-6-3-7-19-75)29-43(66-61(57)65-35)30-54-71-58-55(52-25-39-13-10-38(24-49(39)69-52)32-74(2)44-8-4-5-9-44)42(31-63-60(58)73-54)28-53-70-56-45(16-17-62-59(56)72-53)50-26-40-23-37(34-76-20-21-76)12-14-47(40)67-50/h10-17,22-27,29,31,44,67-69H,3-9,18-21,28,30,32-34H2,1-2H3,(H,62,70,72)(H,63,71,73)(H,64,65,66). The molecular formula is C61H61N15. The van der Waals surface area contributed by atoms with E-state index in [0.717, 1.165) is 121 Å². The molecule has 2 saturated heterocycles. The highest BCUT2D eigenvalue weighted by atomic mass is 15.3. The molecule has 3 aromatic carbocycles. The molecule has 380 valence electrons. The number of benzene rings is 3. The van der Waals surface area contributed by atoms with Gasteiger partial charge in [-0.15, -0.1) is 0 Å². The zero-order valence-corrected chi connectivity index (χ0v) is 43.2. The van der Waals surface area contributed by atoms with Crippen LogP contribution in [0.25, 0.3) is 100.0 Å². The van der Waals surface area contributed by atoms with E-state index in [4.69, 9.17) is 29.9 Å². The highest BCUT2D eigenvalue weighted by Gasteiger charge is 2.24. The first kappa shape index (κ1) is 45.4. The van der Waals surface area contributed by atoms with Gasteiger partial charge in [0.05, 0.1) is 22.2 Å². The summed E-state index contributed by atoms with van der Waals surface area (Å²) in [5.41, 5.74) is 20.0. The molecule has 0 bridgehead atoms. The number of hydrogen-bond acceptors (Lipinski definition) is 9. The summed E-state index contributed by atoms with van der Waals surface area (Å²) in [6.45, 7) is 9.59. The Kier molecular flexibility index (Phi) is 11.0. The lowest BCUT2D eigenvalue weighted by atomic mass is 10.0. The van der Waals surface area contributed by atoms with Crippen molar-refractivity contribution in [1.82, 2.24) is 74.5 Å². The molecule has 0 atom stereocenters. The van der Waals surface area contributed by atoms with Crippen LogP contribution < -0.4 is 0 Å². The number of aromatic amines is 6. The van der Waals surface area contributed by atoms with Crippen LogP contribution in [0, 0.1) is 6.92 Å². The maximum Gasteiger partial charge on any atom is 0.178 e. The van der Waals surface area contributed by atoms with Crippen molar-refractivity contribution in [2.75, 3.05) is 33.2 Å². The van der Waals surface area contributed by atoms with Crippen LogP contribution in [0.1, 0.15) is 90.4 Å². The van der Waals surface area contributed by atoms with Gasteiger partial charge >= 0.3 is 0 Å². The summed E-state index contributed by atoms with van der Waals surface area (Å²) >= 11 is 0. The van der Waals surface area contributed by atoms with Gasteiger partial charge in [0.15, 0.2) is 16.9 Å². The van der Waals surface area contributed by atoms with Gasteiger partial charge in [0.25, 0.3) is 0 Å². The first-order valence-electron chi connectivity index (χ1n) is 27.4. The third-order valence-electron chi connectivity index (χ3n) is 16.5. The molecule has 0 radical (unpaired) electrons. The van der Waals surface area contributed by atoms with Crippen molar-refractivity contribution in [3.05, 3.63) is 143 Å². The van der Waals surface area contributed by atoms with Gasteiger partial charge in [0, 0.05) is 130 Å². The summed E-state index contributed by atoms with van der Waals surface area (Å²) < 4.78 is 0. The Bertz CT molecular complexity index is 4160. The third kappa shape index (κ3) is 8.61. The van der Waals surface area contributed by atoms with Gasteiger partial charge in [-0.05, 0) is 136 Å². The van der Waals surface area contributed by atoms with E-state index in [1.807, 2.05) is 19.3 Å². The van der Waals surface area contributed by atoms with E-state index in [2.05, 4.69) is 137 Å². The molecule has 6 N–H and O–H groups in total. The summed E-state index contributed by atoms with van der Waals surface area (Å²) in [5, 5.41) is 3.56. The zero-order valence-electron chi connectivity index (χ0n) is 43.2. The normalized spacial score (nSPS) is 15.9. The van der Waals surface area contributed by atoms with Gasteiger partial charge in [-0.1, -0.05) is 43.5 Å². The number of imidazole rings is 3. The van der Waals surface area contributed by atoms with Crippen molar-refractivity contribution in [3.8, 4) is 33.8 Å². The number of pyridine rings is 3. The van der Waals surface area contributed by atoms with E-state index < -0.39 is 0 Å². The second-order valence-corrected chi connectivity index (χ2v) is 22.1. The predicted octanol–water partition coefficient (Wildman–Crippen LogP) is 11.6. The monoisotopic (exact) mass is 1000 g/mol. The highest BCUT2D eigenvalue weighted by molar-refractivity contribution is 5.98. The average molecular weight is 1000 g/mol. The van der Waals surface area contributed by atoms with Crippen LogP contribution in [-0.2, 0) is 32.5 Å². The summed E-state index contributed by atoms with van der Waals surface area (Å²) in [6.07, 6.45) is 13.9. The minimum atomic E-state index is 0.455. The summed E-state index contributed by atoms with van der Waals surface area (Å²) in [7, 11) is 2.27. The molecule has 0 spiro atoms. The minimum Gasteiger partial charge on any atom is -0.354 e.